The molecule has 0 saturated heterocycles. The Labute approximate surface area is 113 Å². The summed E-state index contributed by atoms with van der Waals surface area (Å²) in [7, 11) is 0. The molecule has 3 atom stereocenters. The minimum Gasteiger partial charge on any atom is -0.441 e. The lowest BCUT2D eigenvalue weighted by molar-refractivity contribution is 0.440. The molecular formula is C16H20N2O. The number of aryl methyl sites for hydroxylation is 1. The smallest absolute Gasteiger partial charge is 0.195 e. The third kappa shape index (κ3) is 1.92. The van der Waals surface area contributed by atoms with Crippen LogP contribution >= 0.6 is 0 Å². The van der Waals surface area contributed by atoms with Gasteiger partial charge in [0.25, 0.3) is 0 Å². The van der Waals surface area contributed by atoms with Gasteiger partial charge in [-0.2, -0.15) is 0 Å². The Morgan fingerprint density at radius 3 is 3.00 bits per heavy atom. The molecule has 1 aromatic heterocycles. The number of hydrogen-bond acceptors (Lipinski definition) is 3. The number of fused-ring (bicyclic) bond motifs is 3. The first-order valence-electron chi connectivity index (χ1n) is 7.48. The Morgan fingerprint density at radius 2 is 2.26 bits per heavy atom. The average molecular weight is 256 g/mol. The summed E-state index contributed by atoms with van der Waals surface area (Å²) in [6.45, 7) is 2.07. The number of aromatic nitrogens is 1. The van der Waals surface area contributed by atoms with Gasteiger partial charge in [0.2, 0.25) is 0 Å². The predicted molar refractivity (Wildman–Crippen MR) is 76.2 cm³/mol. The topological polar surface area (TPSA) is 38.1 Å². The second kappa shape index (κ2) is 4.26. The molecule has 0 radical (unpaired) electrons. The molecule has 4 rings (SSSR count). The molecule has 1 aromatic carbocycles. The molecule has 0 spiro atoms. The van der Waals surface area contributed by atoms with Gasteiger partial charge in [0.05, 0.1) is 0 Å². The van der Waals surface area contributed by atoms with Crippen LogP contribution in [0.1, 0.15) is 38.5 Å². The van der Waals surface area contributed by atoms with Gasteiger partial charge in [0, 0.05) is 18.2 Å². The highest BCUT2D eigenvalue weighted by Gasteiger charge is 2.39. The number of anilines is 1. The van der Waals surface area contributed by atoms with Crippen molar-refractivity contribution in [2.75, 3.05) is 5.32 Å². The molecule has 3 unspecified atom stereocenters. The van der Waals surface area contributed by atoms with E-state index in [0.29, 0.717) is 6.04 Å². The second-order valence-corrected chi connectivity index (χ2v) is 6.07. The zero-order valence-electron chi connectivity index (χ0n) is 11.4. The molecular weight excluding hydrogens is 236 g/mol. The van der Waals surface area contributed by atoms with Crippen molar-refractivity contribution in [3.05, 3.63) is 24.1 Å². The molecule has 1 N–H and O–H groups in total. The van der Waals surface area contributed by atoms with Crippen LogP contribution in [0.15, 0.2) is 22.6 Å². The number of benzene rings is 1. The Hall–Kier alpha value is -1.51. The summed E-state index contributed by atoms with van der Waals surface area (Å²) < 4.78 is 5.65. The molecule has 2 fully saturated rings. The number of rotatable bonds is 3. The zero-order valence-corrected chi connectivity index (χ0v) is 11.4. The number of hydrogen-bond donors (Lipinski definition) is 1. The monoisotopic (exact) mass is 256 g/mol. The third-order valence-corrected chi connectivity index (χ3v) is 4.82. The summed E-state index contributed by atoms with van der Waals surface area (Å²) in [5.41, 5.74) is 3.07. The van der Waals surface area contributed by atoms with Crippen molar-refractivity contribution in [2.45, 2.75) is 45.1 Å². The predicted octanol–water partition coefficient (Wildman–Crippen LogP) is 3.99. The molecule has 3 nitrogen and oxygen atoms in total. The SMILES string of the molecule is CCc1nc2cc(NC3CC4CCC3C4)ccc2o1. The Balaban J connectivity index is 1.57. The molecule has 0 amide bonds. The van der Waals surface area contributed by atoms with Gasteiger partial charge in [-0.1, -0.05) is 13.3 Å². The van der Waals surface area contributed by atoms with Crippen molar-refractivity contribution in [2.24, 2.45) is 11.8 Å². The van der Waals surface area contributed by atoms with Crippen molar-refractivity contribution < 1.29 is 4.42 Å². The van der Waals surface area contributed by atoms with Crippen LogP contribution in [-0.2, 0) is 6.42 Å². The van der Waals surface area contributed by atoms with E-state index in [0.717, 1.165) is 35.2 Å². The molecule has 19 heavy (non-hydrogen) atoms. The Bertz CT molecular complexity index is 604. The van der Waals surface area contributed by atoms with E-state index in [1.54, 1.807) is 0 Å². The maximum absolute atomic E-state index is 5.65. The zero-order chi connectivity index (χ0) is 12.8. The van der Waals surface area contributed by atoms with Crippen LogP contribution in [0.3, 0.4) is 0 Å². The van der Waals surface area contributed by atoms with Gasteiger partial charge in [-0.05, 0) is 49.3 Å². The molecule has 100 valence electrons. The molecule has 1 heterocycles. The van der Waals surface area contributed by atoms with Gasteiger partial charge in [-0.3, -0.25) is 0 Å². The summed E-state index contributed by atoms with van der Waals surface area (Å²) in [4.78, 5) is 4.51. The van der Waals surface area contributed by atoms with Crippen molar-refractivity contribution >= 4 is 16.8 Å². The van der Waals surface area contributed by atoms with Crippen molar-refractivity contribution in [3.8, 4) is 0 Å². The molecule has 2 bridgehead atoms. The van der Waals surface area contributed by atoms with Gasteiger partial charge in [-0.25, -0.2) is 4.98 Å². The Morgan fingerprint density at radius 1 is 1.32 bits per heavy atom. The normalized spacial score (nSPS) is 29.2. The highest BCUT2D eigenvalue weighted by atomic mass is 16.3. The van der Waals surface area contributed by atoms with Crippen molar-refractivity contribution in [1.29, 1.82) is 0 Å². The highest BCUT2D eigenvalue weighted by molar-refractivity contribution is 5.77. The Kier molecular flexibility index (Phi) is 2.54. The molecule has 2 aromatic rings. The van der Waals surface area contributed by atoms with Crippen molar-refractivity contribution in [1.82, 2.24) is 4.98 Å². The van der Waals surface area contributed by atoms with E-state index >= 15 is 0 Å². The lowest BCUT2D eigenvalue weighted by Gasteiger charge is -2.23. The molecule has 0 aliphatic heterocycles. The summed E-state index contributed by atoms with van der Waals surface area (Å²) in [5.74, 6) is 2.70. The van der Waals surface area contributed by atoms with Crippen LogP contribution in [0.5, 0.6) is 0 Å². The molecule has 2 aliphatic carbocycles. The summed E-state index contributed by atoms with van der Waals surface area (Å²) in [6, 6.07) is 6.97. The van der Waals surface area contributed by atoms with Crippen LogP contribution in [0.2, 0.25) is 0 Å². The van der Waals surface area contributed by atoms with Gasteiger partial charge in [-0.15, -0.1) is 0 Å². The third-order valence-electron chi connectivity index (χ3n) is 4.82. The molecule has 2 aliphatic rings. The first kappa shape index (κ1) is 11.3. The van der Waals surface area contributed by atoms with Gasteiger partial charge >= 0.3 is 0 Å². The number of nitrogens with one attached hydrogen (secondary N) is 1. The van der Waals surface area contributed by atoms with E-state index in [-0.39, 0.29) is 0 Å². The highest BCUT2D eigenvalue weighted by Crippen LogP contribution is 2.45. The largest absolute Gasteiger partial charge is 0.441 e. The summed E-state index contributed by atoms with van der Waals surface area (Å²) in [5, 5.41) is 3.71. The van der Waals surface area contributed by atoms with Gasteiger partial charge < -0.3 is 9.73 Å². The number of oxazole rings is 1. The fraction of sp³-hybridized carbons (Fsp3) is 0.562. The van der Waals surface area contributed by atoms with Crippen LogP contribution in [0, 0.1) is 11.8 Å². The fourth-order valence-corrected chi connectivity index (χ4v) is 3.85. The van der Waals surface area contributed by atoms with E-state index < -0.39 is 0 Å². The first-order valence-corrected chi connectivity index (χ1v) is 7.48. The average Bonchev–Trinajstić information content (AvgIpc) is 3.11. The quantitative estimate of drug-likeness (QED) is 0.902. The lowest BCUT2D eigenvalue weighted by atomic mass is 9.95. The fourth-order valence-electron chi connectivity index (χ4n) is 3.85. The summed E-state index contributed by atoms with van der Waals surface area (Å²) >= 11 is 0. The van der Waals surface area contributed by atoms with Crippen molar-refractivity contribution in [3.63, 3.8) is 0 Å². The van der Waals surface area contributed by atoms with E-state index in [4.69, 9.17) is 4.42 Å². The van der Waals surface area contributed by atoms with E-state index in [2.05, 4.69) is 29.4 Å². The summed E-state index contributed by atoms with van der Waals surface area (Å²) in [6.07, 6.45) is 6.49. The van der Waals surface area contributed by atoms with E-state index in [1.807, 2.05) is 6.07 Å². The number of nitrogens with zero attached hydrogens (tertiary/aromatic N) is 1. The maximum atomic E-state index is 5.65. The molecule has 2 saturated carbocycles. The standard InChI is InChI=1S/C16H20N2O/c1-2-16-18-14-9-12(5-6-15(14)19-16)17-13-8-10-3-4-11(13)7-10/h5-6,9-11,13,17H,2-4,7-8H2,1H3. The second-order valence-electron chi connectivity index (χ2n) is 6.07. The minimum absolute atomic E-state index is 0.675. The minimum atomic E-state index is 0.675. The van der Waals surface area contributed by atoms with Crippen LogP contribution < -0.4 is 5.32 Å². The molecule has 3 heteroatoms. The van der Waals surface area contributed by atoms with E-state index in [9.17, 15) is 0 Å². The first-order chi connectivity index (χ1) is 9.31. The lowest BCUT2D eigenvalue weighted by Crippen LogP contribution is -2.25. The van der Waals surface area contributed by atoms with Crippen LogP contribution in [0.25, 0.3) is 11.1 Å². The van der Waals surface area contributed by atoms with Crippen LogP contribution in [0.4, 0.5) is 5.69 Å². The van der Waals surface area contributed by atoms with Gasteiger partial charge in [0.15, 0.2) is 11.5 Å². The van der Waals surface area contributed by atoms with Gasteiger partial charge in [0.1, 0.15) is 5.52 Å². The van der Waals surface area contributed by atoms with E-state index in [1.165, 1.54) is 31.4 Å². The maximum Gasteiger partial charge on any atom is 0.195 e. The van der Waals surface area contributed by atoms with Crippen LogP contribution in [-0.4, -0.2) is 11.0 Å².